The highest BCUT2D eigenvalue weighted by Crippen LogP contribution is 2.28. The second kappa shape index (κ2) is 9.58. The molecular weight excluding hydrogens is 396 g/mol. The minimum atomic E-state index is -2.79. The van der Waals surface area contributed by atoms with Gasteiger partial charge in [0, 0.05) is 0 Å². The zero-order valence-corrected chi connectivity index (χ0v) is 18.6. The van der Waals surface area contributed by atoms with Gasteiger partial charge in [-0.1, -0.05) is 121 Å². The van der Waals surface area contributed by atoms with Crippen molar-refractivity contribution in [1.82, 2.24) is 0 Å². The van der Waals surface area contributed by atoms with Gasteiger partial charge in [0.05, 0.1) is 12.7 Å². The Morgan fingerprint density at radius 1 is 0.645 bits per heavy atom. The highest BCUT2D eigenvalue weighted by Gasteiger charge is 2.50. The van der Waals surface area contributed by atoms with Crippen LogP contribution in [0.15, 0.2) is 121 Å². The SMILES string of the molecule is COC(=O)C(Cc1ccccc1)[Si](c1ccccc1)(c1ccccc1)c1ccccc1. The molecule has 0 fully saturated rings. The van der Waals surface area contributed by atoms with E-state index in [0.717, 1.165) is 5.56 Å². The lowest BCUT2D eigenvalue weighted by Gasteiger charge is -2.39. The van der Waals surface area contributed by atoms with Crippen molar-refractivity contribution in [2.75, 3.05) is 7.11 Å². The summed E-state index contributed by atoms with van der Waals surface area (Å²) in [4.78, 5) is 13.5. The zero-order chi connectivity index (χ0) is 21.5. The van der Waals surface area contributed by atoms with Crippen molar-refractivity contribution >= 4 is 29.6 Å². The summed E-state index contributed by atoms with van der Waals surface area (Å²) in [6, 6.07) is 41.8. The number of ether oxygens (including phenoxy) is 1. The maximum atomic E-state index is 13.5. The largest absolute Gasteiger partial charge is 0.469 e. The molecule has 4 aromatic carbocycles. The molecular formula is C28H26O2Si. The van der Waals surface area contributed by atoms with E-state index >= 15 is 0 Å². The molecule has 3 heteroatoms. The van der Waals surface area contributed by atoms with Crippen LogP contribution in [0.1, 0.15) is 5.56 Å². The summed E-state index contributed by atoms with van der Waals surface area (Å²) in [6.45, 7) is 0. The van der Waals surface area contributed by atoms with E-state index in [2.05, 4.69) is 84.9 Å². The molecule has 0 N–H and O–H groups in total. The number of carbonyl (C=O) groups excluding carboxylic acids is 1. The van der Waals surface area contributed by atoms with E-state index in [1.165, 1.54) is 22.7 Å². The Bertz CT molecular complexity index is 1000. The Morgan fingerprint density at radius 2 is 1.00 bits per heavy atom. The van der Waals surface area contributed by atoms with Crippen LogP contribution in [0.4, 0.5) is 0 Å². The van der Waals surface area contributed by atoms with E-state index in [4.69, 9.17) is 4.74 Å². The summed E-state index contributed by atoms with van der Waals surface area (Å²) in [5.41, 5.74) is 0.824. The smallest absolute Gasteiger partial charge is 0.307 e. The molecule has 0 aliphatic carbocycles. The van der Waals surface area contributed by atoms with Crippen molar-refractivity contribution in [1.29, 1.82) is 0 Å². The lowest BCUT2D eigenvalue weighted by molar-refractivity contribution is -0.140. The molecule has 0 heterocycles. The van der Waals surface area contributed by atoms with E-state index in [-0.39, 0.29) is 11.5 Å². The first-order chi connectivity index (χ1) is 15.3. The number of esters is 1. The zero-order valence-electron chi connectivity index (χ0n) is 17.6. The van der Waals surface area contributed by atoms with Gasteiger partial charge >= 0.3 is 5.97 Å². The topological polar surface area (TPSA) is 26.3 Å². The summed E-state index contributed by atoms with van der Waals surface area (Å²) in [6.07, 6.45) is 0.623. The van der Waals surface area contributed by atoms with E-state index in [1.807, 2.05) is 36.4 Å². The van der Waals surface area contributed by atoms with Crippen LogP contribution in [0.2, 0.25) is 5.54 Å². The van der Waals surface area contributed by atoms with Crippen LogP contribution in [0.5, 0.6) is 0 Å². The highest BCUT2D eigenvalue weighted by atomic mass is 28.3. The van der Waals surface area contributed by atoms with Crippen LogP contribution in [0, 0.1) is 0 Å². The number of rotatable bonds is 7. The Morgan fingerprint density at radius 3 is 1.35 bits per heavy atom. The van der Waals surface area contributed by atoms with Crippen LogP contribution in [0.3, 0.4) is 0 Å². The highest BCUT2D eigenvalue weighted by molar-refractivity contribution is 7.13. The maximum absolute atomic E-state index is 13.5. The molecule has 2 nitrogen and oxygen atoms in total. The summed E-state index contributed by atoms with van der Waals surface area (Å²) < 4.78 is 5.45. The third-order valence-corrected chi connectivity index (χ3v) is 11.2. The summed E-state index contributed by atoms with van der Waals surface area (Å²) in [7, 11) is -1.29. The summed E-state index contributed by atoms with van der Waals surface area (Å²) in [5.74, 6) is -0.160. The standard InChI is InChI=1S/C28H26O2Si/c1-30-28(29)27(22-23-14-6-2-7-15-23)31(24-16-8-3-9-17-24,25-18-10-4-11-19-25)26-20-12-5-13-21-26/h2-21,27H,22H2,1H3. The average Bonchev–Trinajstić information content (AvgIpc) is 2.86. The predicted octanol–water partition coefficient (Wildman–Crippen LogP) is 3.94. The van der Waals surface area contributed by atoms with Gasteiger partial charge in [-0.05, 0) is 27.5 Å². The lowest BCUT2D eigenvalue weighted by atomic mass is 10.1. The fraction of sp³-hybridized carbons (Fsp3) is 0.107. The Balaban J connectivity index is 2.05. The van der Waals surface area contributed by atoms with Crippen molar-refractivity contribution in [3.63, 3.8) is 0 Å². The monoisotopic (exact) mass is 422 g/mol. The second-order valence-corrected chi connectivity index (χ2v) is 11.7. The maximum Gasteiger partial charge on any atom is 0.307 e. The first-order valence-electron chi connectivity index (χ1n) is 10.5. The van der Waals surface area contributed by atoms with Crippen molar-refractivity contribution in [2.24, 2.45) is 0 Å². The molecule has 0 amide bonds. The lowest BCUT2D eigenvalue weighted by Crippen LogP contribution is -2.71. The molecule has 0 aromatic heterocycles. The number of hydrogen-bond acceptors (Lipinski definition) is 2. The van der Waals surface area contributed by atoms with E-state index in [0.29, 0.717) is 6.42 Å². The molecule has 0 radical (unpaired) electrons. The van der Waals surface area contributed by atoms with Crippen molar-refractivity contribution in [3.8, 4) is 0 Å². The van der Waals surface area contributed by atoms with Gasteiger partial charge in [0.15, 0.2) is 8.07 Å². The van der Waals surface area contributed by atoms with Gasteiger partial charge < -0.3 is 4.74 Å². The normalized spacial score (nSPS) is 12.2. The minimum absolute atomic E-state index is 0.160. The second-order valence-electron chi connectivity index (χ2n) is 7.67. The van der Waals surface area contributed by atoms with Crippen LogP contribution < -0.4 is 15.6 Å². The average molecular weight is 423 g/mol. The Kier molecular flexibility index (Phi) is 6.44. The van der Waals surface area contributed by atoms with Crippen LogP contribution in [-0.2, 0) is 16.0 Å². The van der Waals surface area contributed by atoms with Gasteiger partial charge in [-0.25, -0.2) is 0 Å². The summed E-state index contributed by atoms with van der Waals surface area (Å²) >= 11 is 0. The Labute approximate surface area is 185 Å². The number of hydrogen-bond donors (Lipinski definition) is 0. The molecule has 1 unspecified atom stereocenters. The molecule has 154 valence electrons. The molecule has 4 aromatic rings. The molecule has 0 aliphatic heterocycles. The summed E-state index contributed by atoms with van der Waals surface area (Å²) in [5, 5.41) is 3.62. The molecule has 0 spiro atoms. The van der Waals surface area contributed by atoms with Crippen LogP contribution in [-0.4, -0.2) is 21.2 Å². The van der Waals surface area contributed by atoms with Gasteiger partial charge in [-0.2, -0.15) is 0 Å². The molecule has 31 heavy (non-hydrogen) atoms. The van der Waals surface area contributed by atoms with Crippen molar-refractivity contribution < 1.29 is 9.53 Å². The third kappa shape index (κ3) is 4.10. The fourth-order valence-electron chi connectivity index (χ4n) is 4.61. The first kappa shape index (κ1) is 20.8. The number of methoxy groups -OCH3 is 1. The molecule has 4 rings (SSSR count). The fourth-order valence-corrected chi connectivity index (χ4v) is 9.99. The molecule has 0 bridgehead atoms. The van der Waals surface area contributed by atoms with Gasteiger partial charge in [-0.15, -0.1) is 0 Å². The van der Waals surface area contributed by atoms with E-state index in [1.54, 1.807) is 0 Å². The number of benzene rings is 4. The number of carbonyl (C=O) groups is 1. The van der Waals surface area contributed by atoms with Gasteiger partial charge in [-0.3, -0.25) is 4.79 Å². The molecule has 0 saturated heterocycles. The Hall–Kier alpha value is -3.43. The van der Waals surface area contributed by atoms with Crippen LogP contribution >= 0.6 is 0 Å². The van der Waals surface area contributed by atoms with Crippen molar-refractivity contribution in [2.45, 2.75) is 12.0 Å². The van der Waals surface area contributed by atoms with E-state index < -0.39 is 8.07 Å². The predicted molar refractivity (Wildman–Crippen MR) is 130 cm³/mol. The van der Waals surface area contributed by atoms with Gasteiger partial charge in [0.1, 0.15) is 0 Å². The molecule has 1 atom stereocenters. The van der Waals surface area contributed by atoms with Gasteiger partial charge in [0.25, 0.3) is 0 Å². The van der Waals surface area contributed by atoms with E-state index in [9.17, 15) is 4.79 Å². The first-order valence-corrected chi connectivity index (χ1v) is 12.6. The van der Waals surface area contributed by atoms with Gasteiger partial charge in [0.2, 0.25) is 0 Å². The molecule has 0 aliphatic rings. The minimum Gasteiger partial charge on any atom is -0.469 e. The van der Waals surface area contributed by atoms with Crippen molar-refractivity contribution in [3.05, 3.63) is 127 Å². The molecule has 0 saturated carbocycles. The quantitative estimate of drug-likeness (QED) is 0.256. The third-order valence-electron chi connectivity index (χ3n) is 5.98. The van der Waals surface area contributed by atoms with Crippen LogP contribution in [0.25, 0.3) is 0 Å².